The number of hydrogen-bond acceptors (Lipinski definition) is 6. The van der Waals surface area contributed by atoms with E-state index in [0.717, 1.165) is 11.4 Å². The molecule has 2 aromatic carbocycles. The zero-order valence-corrected chi connectivity index (χ0v) is 12.3. The summed E-state index contributed by atoms with van der Waals surface area (Å²) >= 11 is 0. The number of benzene rings is 2. The summed E-state index contributed by atoms with van der Waals surface area (Å²) in [4.78, 5) is 10.6. The molecule has 3 aromatic rings. The van der Waals surface area contributed by atoms with E-state index in [1.54, 1.807) is 25.3 Å². The minimum atomic E-state index is 0.0775. The van der Waals surface area contributed by atoms with E-state index in [2.05, 4.69) is 9.97 Å². The van der Waals surface area contributed by atoms with Crippen molar-refractivity contribution in [1.82, 2.24) is 9.97 Å². The van der Waals surface area contributed by atoms with Gasteiger partial charge in [-0.25, -0.2) is 4.98 Å². The van der Waals surface area contributed by atoms with Crippen LogP contribution in [-0.4, -0.2) is 29.2 Å². The van der Waals surface area contributed by atoms with E-state index in [1.807, 2.05) is 36.2 Å². The predicted octanol–water partition coefficient (Wildman–Crippen LogP) is 2.69. The summed E-state index contributed by atoms with van der Waals surface area (Å²) in [6, 6.07) is 12.6. The SMILES string of the molecule is COc1ccc(N(C)c2nc(N)c3c(O)cccc3n2)cc1. The standard InChI is InChI=1S/C16H16N4O2/c1-20(10-6-8-11(22-2)9-7-10)16-18-12-4-3-5-13(21)14(12)15(17)19-16/h3-9,21H,1-2H3,(H2,17,18,19). The van der Waals surface area contributed by atoms with Crippen LogP contribution in [0.25, 0.3) is 10.9 Å². The summed E-state index contributed by atoms with van der Waals surface area (Å²) in [6.45, 7) is 0. The summed E-state index contributed by atoms with van der Waals surface area (Å²) < 4.78 is 5.15. The molecule has 0 aliphatic rings. The number of ether oxygens (including phenoxy) is 1. The Morgan fingerprint density at radius 1 is 1.09 bits per heavy atom. The molecule has 0 saturated carbocycles. The van der Waals surface area contributed by atoms with Crippen LogP contribution in [-0.2, 0) is 0 Å². The Kier molecular flexibility index (Phi) is 3.42. The second kappa shape index (κ2) is 5.40. The first-order chi connectivity index (χ1) is 10.6. The van der Waals surface area contributed by atoms with E-state index in [-0.39, 0.29) is 11.6 Å². The number of nitrogens with two attached hydrogens (primary N) is 1. The van der Waals surface area contributed by atoms with Gasteiger partial charge in [0.25, 0.3) is 0 Å². The monoisotopic (exact) mass is 296 g/mol. The fourth-order valence-corrected chi connectivity index (χ4v) is 2.25. The Morgan fingerprint density at radius 2 is 1.82 bits per heavy atom. The second-order valence-corrected chi connectivity index (χ2v) is 4.84. The number of rotatable bonds is 3. The number of nitrogens with zero attached hydrogens (tertiary/aromatic N) is 3. The Labute approximate surface area is 127 Å². The number of hydrogen-bond donors (Lipinski definition) is 2. The van der Waals surface area contributed by atoms with Crippen LogP contribution in [0.4, 0.5) is 17.5 Å². The van der Waals surface area contributed by atoms with E-state index in [0.29, 0.717) is 16.9 Å². The topological polar surface area (TPSA) is 84.5 Å². The molecule has 0 spiro atoms. The van der Waals surface area contributed by atoms with Crippen LogP contribution in [0.15, 0.2) is 42.5 Å². The largest absolute Gasteiger partial charge is 0.507 e. The van der Waals surface area contributed by atoms with Gasteiger partial charge in [-0.1, -0.05) is 6.07 Å². The fraction of sp³-hybridized carbons (Fsp3) is 0.125. The number of phenolic OH excluding ortho intramolecular Hbond substituents is 1. The van der Waals surface area contributed by atoms with E-state index in [4.69, 9.17) is 10.5 Å². The highest BCUT2D eigenvalue weighted by atomic mass is 16.5. The molecule has 0 bridgehead atoms. The summed E-state index contributed by atoms with van der Waals surface area (Å²) in [6.07, 6.45) is 0. The zero-order chi connectivity index (χ0) is 15.7. The van der Waals surface area contributed by atoms with Crippen molar-refractivity contribution in [3.05, 3.63) is 42.5 Å². The first-order valence-electron chi connectivity index (χ1n) is 6.73. The van der Waals surface area contributed by atoms with Gasteiger partial charge in [-0.05, 0) is 36.4 Å². The van der Waals surface area contributed by atoms with Crippen molar-refractivity contribution in [3.8, 4) is 11.5 Å². The minimum Gasteiger partial charge on any atom is -0.507 e. The number of nitrogen functional groups attached to an aromatic ring is 1. The first kappa shape index (κ1) is 13.9. The van der Waals surface area contributed by atoms with Crippen molar-refractivity contribution in [1.29, 1.82) is 0 Å². The quantitative estimate of drug-likeness (QED) is 0.773. The molecular formula is C16H16N4O2. The molecule has 0 aliphatic carbocycles. The Bertz CT molecular complexity index is 818. The van der Waals surface area contributed by atoms with Gasteiger partial charge >= 0.3 is 0 Å². The lowest BCUT2D eigenvalue weighted by molar-refractivity contribution is 0.415. The van der Waals surface area contributed by atoms with E-state index >= 15 is 0 Å². The molecule has 0 radical (unpaired) electrons. The average Bonchev–Trinajstić information content (AvgIpc) is 2.54. The number of anilines is 3. The van der Waals surface area contributed by atoms with E-state index in [9.17, 15) is 5.11 Å². The third-order valence-electron chi connectivity index (χ3n) is 3.48. The number of methoxy groups -OCH3 is 1. The molecule has 3 rings (SSSR count). The summed E-state index contributed by atoms with van der Waals surface area (Å²) in [5.74, 6) is 1.56. The van der Waals surface area contributed by atoms with Gasteiger partial charge in [0.15, 0.2) is 0 Å². The molecule has 3 N–H and O–H groups in total. The zero-order valence-electron chi connectivity index (χ0n) is 12.3. The predicted molar refractivity (Wildman–Crippen MR) is 86.7 cm³/mol. The molecule has 6 heteroatoms. The van der Waals surface area contributed by atoms with Crippen molar-refractivity contribution in [2.75, 3.05) is 24.8 Å². The normalized spacial score (nSPS) is 10.6. The van der Waals surface area contributed by atoms with Gasteiger partial charge in [-0.15, -0.1) is 0 Å². The Hall–Kier alpha value is -3.02. The third kappa shape index (κ3) is 2.35. The maximum absolute atomic E-state index is 9.87. The summed E-state index contributed by atoms with van der Waals surface area (Å²) in [7, 11) is 3.48. The van der Waals surface area contributed by atoms with Gasteiger partial charge in [0, 0.05) is 12.7 Å². The summed E-state index contributed by atoms with van der Waals surface area (Å²) in [5.41, 5.74) is 7.46. The molecule has 1 aromatic heterocycles. The van der Waals surface area contributed by atoms with Crippen LogP contribution < -0.4 is 15.4 Å². The van der Waals surface area contributed by atoms with Gasteiger partial charge in [-0.2, -0.15) is 4.98 Å². The molecule has 0 atom stereocenters. The van der Waals surface area contributed by atoms with Crippen LogP contribution in [0.2, 0.25) is 0 Å². The molecule has 0 unspecified atom stereocenters. The van der Waals surface area contributed by atoms with Gasteiger partial charge in [0.2, 0.25) is 5.95 Å². The molecule has 0 saturated heterocycles. The molecule has 0 aliphatic heterocycles. The number of fused-ring (bicyclic) bond motifs is 1. The fourth-order valence-electron chi connectivity index (χ4n) is 2.25. The Morgan fingerprint density at radius 3 is 2.50 bits per heavy atom. The van der Waals surface area contributed by atoms with E-state index < -0.39 is 0 Å². The lowest BCUT2D eigenvalue weighted by Gasteiger charge is -2.18. The van der Waals surface area contributed by atoms with Crippen LogP contribution in [0.3, 0.4) is 0 Å². The third-order valence-corrected chi connectivity index (χ3v) is 3.48. The van der Waals surface area contributed by atoms with Gasteiger partial charge < -0.3 is 20.5 Å². The number of aromatic hydroxyl groups is 1. The minimum absolute atomic E-state index is 0.0775. The van der Waals surface area contributed by atoms with Gasteiger partial charge in [0.05, 0.1) is 18.0 Å². The second-order valence-electron chi connectivity index (χ2n) is 4.84. The summed E-state index contributed by atoms with van der Waals surface area (Å²) in [5, 5.41) is 10.3. The maximum atomic E-state index is 9.87. The Balaban J connectivity index is 2.05. The van der Waals surface area contributed by atoms with Crippen LogP contribution in [0.1, 0.15) is 0 Å². The average molecular weight is 296 g/mol. The van der Waals surface area contributed by atoms with Crippen LogP contribution >= 0.6 is 0 Å². The van der Waals surface area contributed by atoms with Gasteiger partial charge in [-0.3, -0.25) is 0 Å². The molecular weight excluding hydrogens is 280 g/mol. The molecule has 0 fully saturated rings. The van der Waals surface area contributed by atoms with Crippen LogP contribution in [0, 0.1) is 0 Å². The highest BCUT2D eigenvalue weighted by Gasteiger charge is 2.13. The highest BCUT2D eigenvalue weighted by Crippen LogP contribution is 2.31. The lowest BCUT2D eigenvalue weighted by atomic mass is 10.2. The molecule has 6 nitrogen and oxygen atoms in total. The molecule has 22 heavy (non-hydrogen) atoms. The molecule has 0 amide bonds. The van der Waals surface area contributed by atoms with Crippen molar-refractivity contribution < 1.29 is 9.84 Å². The lowest BCUT2D eigenvalue weighted by Crippen LogP contribution is -2.14. The van der Waals surface area contributed by atoms with E-state index in [1.165, 1.54) is 0 Å². The highest BCUT2D eigenvalue weighted by molar-refractivity contribution is 5.94. The molecule has 1 heterocycles. The van der Waals surface area contributed by atoms with Gasteiger partial charge in [0.1, 0.15) is 17.3 Å². The van der Waals surface area contributed by atoms with Crippen molar-refractivity contribution in [3.63, 3.8) is 0 Å². The smallest absolute Gasteiger partial charge is 0.232 e. The number of aromatic nitrogens is 2. The van der Waals surface area contributed by atoms with Crippen molar-refractivity contribution >= 4 is 28.4 Å². The number of phenols is 1. The van der Waals surface area contributed by atoms with Crippen LogP contribution in [0.5, 0.6) is 11.5 Å². The van der Waals surface area contributed by atoms with Crippen molar-refractivity contribution in [2.24, 2.45) is 0 Å². The van der Waals surface area contributed by atoms with Crippen molar-refractivity contribution in [2.45, 2.75) is 0 Å². The maximum Gasteiger partial charge on any atom is 0.232 e. The first-order valence-corrected chi connectivity index (χ1v) is 6.73. The molecule has 112 valence electrons.